The fraction of sp³-hybridized carbons (Fsp3) is 0.214. The van der Waals surface area contributed by atoms with E-state index in [4.69, 9.17) is 10.5 Å². The van der Waals surface area contributed by atoms with Gasteiger partial charge in [-0.05, 0) is 32.0 Å². The Morgan fingerprint density at radius 3 is 2.75 bits per heavy atom. The first kappa shape index (κ1) is 13.8. The first-order chi connectivity index (χ1) is 9.52. The van der Waals surface area contributed by atoms with E-state index in [1.807, 2.05) is 0 Å². The number of rotatable bonds is 4. The molecule has 104 valence electrons. The van der Waals surface area contributed by atoms with Crippen molar-refractivity contribution in [3.63, 3.8) is 0 Å². The lowest BCUT2D eigenvalue weighted by Gasteiger charge is -2.05. The number of ketones is 1. The Morgan fingerprint density at radius 1 is 1.40 bits per heavy atom. The molecule has 0 fully saturated rings. The molecule has 0 unspecified atom stereocenters. The summed E-state index contributed by atoms with van der Waals surface area (Å²) >= 11 is 0. The number of aromatic nitrogens is 2. The molecule has 1 heterocycles. The predicted octanol–water partition coefficient (Wildman–Crippen LogP) is 1.83. The van der Waals surface area contributed by atoms with Crippen LogP contribution in [0.3, 0.4) is 0 Å². The van der Waals surface area contributed by atoms with Gasteiger partial charge in [0.25, 0.3) is 0 Å². The van der Waals surface area contributed by atoms with Gasteiger partial charge in [0.1, 0.15) is 0 Å². The summed E-state index contributed by atoms with van der Waals surface area (Å²) in [5.41, 5.74) is 7.69. The molecular formula is C14H15N3O3. The number of hydrogen-bond acceptors (Lipinski definition) is 5. The quantitative estimate of drug-likeness (QED) is 0.521. The molecule has 20 heavy (non-hydrogen) atoms. The van der Waals surface area contributed by atoms with Crippen LogP contribution in [-0.4, -0.2) is 28.1 Å². The number of Topliss-reactive ketones (excluding diaryl/α,β-unsaturated/α-hetero) is 1. The number of esters is 1. The van der Waals surface area contributed by atoms with Gasteiger partial charge in [0, 0.05) is 17.4 Å². The first-order valence-corrected chi connectivity index (χ1v) is 6.15. The zero-order valence-electron chi connectivity index (χ0n) is 11.3. The van der Waals surface area contributed by atoms with E-state index in [-0.39, 0.29) is 5.78 Å². The maximum atomic E-state index is 11.6. The van der Waals surface area contributed by atoms with Gasteiger partial charge in [0.05, 0.1) is 24.1 Å². The van der Waals surface area contributed by atoms with Crippen LogP contribution in [0.4, 0.5) is 5.69 Å². The van der Waals surface area contributed by atoms with Gasteiger partial charge in [-0.15, -0.1) is 0 Å². The van der Waals surface area contributed by atoms with Crippen LogP contribution >= 0.6 is 0 Å². The molecule has 0 amide bonds. The standard InChI is InChI=1S/C14H15N3O3/c1-3-20-14(19)10-7-16-17(8-10)11-4-5-12(9(2)18)13(15)6-11/h4-8H,3,15H2,1-2H3. The first-order valence-electron chi connectivity index (χ1n) is 6.15. The van der Waals surface area contributed by atoms with Crippen molar-refractivity contribution in [1.82, 2.24) is 9.78 Å². The number of nitrogen functional groups attached to an aromatic ring is 1. The summed E-state index contributed by atoms with van der Waals surface area (Å²) in [5, 5.41) is 4.08. The van der Waals surface area contributed by atoms with E-state index in [0.717, 1.165) is 0 Å². The molecule has 0 atom stereocenters. The van der Waals surface area contributed by atoms with Gasteiger partial charge in [-0.1, -0.05) is 0 Å². The van der Waals surface area contributed by atoms with Gasteiger partial charge in [-0.2, -0.15) is 5.10 Å². The highest BCUT2D eigenvalue weighted by Crippen LogP contribution is 2.18. The molecule has 1 aromatic carbocycles. The molecule has 0 spiro atoms. The van der Waals surface area contributed by atoms with Crippen LogP contribution in [0.15, 0.2) is 30.6 Å². The topological polar surface area (TPSA) is 87.2 Å². The average Bonchev–Trinajstić information content (AvgIpc) is 2.88. The van der Waals surface area contributed by atoms with E-state index in [2.05, 4.69) is 5.10 Å². The Labute approximate surface area is 116 Å². The minimum absolute atomic E-state index is 0.0956. The van der Waals surface area contributed by atoms with E-state index in [1.165, 1.54) is 17.8 Å². The van der Waals surface area contributed by atoms with Crippen molar-refractivity contribution in [2.24, 2.45) is 0 Å². The minimum atomic E-state index is -0.424. The maximum Gasteiger partial charge on any atom is 0.341 e. The second-order valence-corrected chi connectivity index (χ2v) is 4.22. The summed E-state index contributed by atoms with van der Waals surface area (Å²) in [6, 6.07) is 4.99. The zero-order chi connectivity index (χ0) is 14.7. The molecule has 2 rings (SSSR count). The second kappa shape index (κ2) is 5.56. The van der Waals surface area contributed by atoms with Crippen molar-refractivity contribution in [3.8, 4) is 5.69 Å². The Balaban J connectivity index is 2.31. The van der Waals surface area contributed by atoms with Gasteiger partial charge >= 0.3 is 5.97 Å². The Morgan fingerprint density at radius 2 is 2.15 bits per heavy atom. The highest BCUT2D eigenvalue weighted by Gasteiger charge is 2.11. The largest absolute Gasteiger partial charge is 0.462 e. The average molecular weight is 273 g/mol. The molecule has 0 aliphatic rings. The summed E-state index contributed by atoms with van der Waals surface area (Å²) in [6.07, 6.45) is 2.98. The molecule has 0 aliphatic carbocycles. The lowest BCUT2D eigenvalue weighted by atomic mass is 10.1. The maximum absolute atomic E-state index is 11.6. The molecule has 2 N–H and O–H groups in total. The number of nitrogens with zero attached hydrogens (tertiary/aromatic N) is 2. The van der Waals surface area contributed by atoms with Crippen molar-refractivity contribution < 1.29 is 14.3 Å². The van der Waals surface area contributed by atoms with Gasteiger partial charge in [0.15, 0.2) is 5.78 Å². The van der Waals surface area contributed by atoms with E-state index in [1.54, 1.807) is 31.3 Å². The Hall–Kier alpha value is -2.63. The highest BCUT2D eigenvalue weighted by molar-refractivity contribution is 5.99. The van der Waals surface area contributed by atoms with Gasteiger partial charge in [0.2, 0.25) is 0 Å². The fourth-order valence-electron chi connectivity index (χ4n) is 1.80. The molecule has 0 saturated heterocycles. The SMILES string of the molecule is CCOC(=O)c1cnn(-c2ccc(C(C)=O)c(N)c2)c1. The third-order valence-electron chi connectivity index (χ3n) is 2.77. The van der Waals surface area contributed by atoms with Crippen LogP contribution in [0.25, 0.3) is 5.69 Å². The van der Waals surface area contributed by atoms with E-state index >= 15 is 0 Å². The van der Waals surface area contributed by atoms with E-state index in [0.29, 0.717) is 29.1 Å². The van der Waals surface area contributed by atoms with Crippen LogP contribution in [0.2, 0.25) is 0 Å². The minimum Gasteiger partial charge on any atom is -0.462 e. The van der Waals surface area contributed by atoms with Gasteiger partial charge in [-0.3, -0.25) is 4.79 Å². The molecule has 1 aromatic heterocycles. The molecule has 2 aromatic rings. The van der Waals surface area contributed by atoms with Crippen molar-refractivity contribution in [2.75, 3.05) is 12.3 Å². The van der Waals surface area contributed by atoms with Crippen molar-refractivity contribution in [1.29, 1.82) is 0 Å². The molecule has 6 heteroatoms. The van der Waals surface area contributed by atoms with Gasteiger partial charge < -0.3 is 10.5 Å². The number of carbonyl (C=O) groups is 2. The van der Waals surface area contributed by atoms with Crippen molar-refractivity contribution in [2.45, 2.75) is 13.8 Å². The molecule has 0 radical (unpaired) electrons. The number of carbonyl (C=O) groups excluding carboxylic acids is 2. The normalized spacial score (nSPS) is 10.3. The van der Waals surface area contributed by atoms with Crippen molar-refractivity contribution in [3.05, 3.63) is 41.7 Å². The lowest BCUT2D eigenvalue weighted by Crippen LogP contribution is -2.04. The summed E-state index contributed by atoms with van der Waals surface area (Å²) < 4.78 is 6.40. The zero-order valence-corrected chi connectivity index (χ0v) is 11.3. The molecule has 0 saturated carbocycles. The number of benzene rings is 1. The fourth-order valence-corrected chi connectivity index (χ4v) is 1.80. The van der Waals surface area contributed by atoms with E-state index in [9.17, 15) is 9.59 Å². The van der Waals surface area contributed by atoms with Crippen molar-refractivity contribution >= 4 is 17.4 Å². The van der Waals surface area contributed by atoms with Crippen LogP contribution < -0.4 is 5.73 Å². The number of ether oxygens (including phenoxy) is 1. The molecule has 6 nitrogen and oxygen atoms in total. The summed E-state index contributed by atoms with van der Waals surface area (Å²) in [4.78, 5) is 22.9. The monoisotopic (exact) mass is 273 g/mol. The summed E-state index contributed by atoms with van der Waals surface area (Å²) in [7, 11) is 0. The Kier molecular flexibility index (Phi) is 3.84. The number of nitrogens with two attached hydrogens (primary N) is 1. The summed E-state index contributed by atoms with van der Waals surface area (Å²) in [6.45, 7) is 3.51. The van der Waals surface area contributed by atoms with Crippen LogP contribution in [0.1, 0.15) is 34.6 Å². The molecular weight excluding hydrogens is 258 g/mol. The number of hydrogen-bond donors (Lipinski definition) is 1. The Bertz CT molecular complexity index is 661. The van der Waals surface area contributed by atoms with Crippen LogP contribution in [-0.2, 0) is 4.74 Å². The smallest absolute Gasteiger partial charge is 0.341 e. The third-order valence-corrected chi connectivity index (χ3v) is 2.77. The lowest BCUT2D eigenvalue weighted by molar-refractivity contribution is 0.0526. The molecule has 0 bridgehead atoms. The van der Waals surface area contributed by atoms with Crippen LogP contribution in [0, 0.1) is 0 Å². The van der Waals surface area contributed by atoms with Crippen LogP contribution in [0.5, 0.6) is 0 Å². The number of anilines is 1. The second-order valence-electron chi connectivity index (χ2n) is 4.22. The third kappa shape index (κ3) is 2.69. The van der Waals surface area contributed by atoms with E-state index < -0.39 is 5.97 Å². The highest BCUT2D eigenvalue weighted by atomic mass is 16.5. The van der Waals surface area contributed by atoms with Gasteiger partial charge in [-0.25, -0.2) is 9.48 Å². The summed E-state index contributed by atoms with van der Waals surface area (Å²) in [5.74, 6) is -0.520. The molecule has 0 aliphatic heterocycles. The predicted molar refractivity (Wildman–Crippen MR) is 73.9 cm³/mol.